The second-order valence-electron chi connectivity index (χ2n) is 32.2. The number of benzene rings is 4. The Bertz CT molecular complexity index is 3940. The summed E-state index contributed by atoms with van der Waals surface area (Å²) in [7, 11) is 0. The van der Waals surface area contributed by atoms with Gasteiger partial charge in [0.05, 0.1) is 16.3 Å². The number of fused-ring (bicyclic) bond motifs is 8. The minimum Gasteiger partial charge on any atom is -0.657 e. The number of nitrogens with two attached hydrogens (primary N) is 1. The van der Waals surface area contributed by atoms with E-state index in [1.54, 1.807) is 0 Å². The first-order chi connectivity index (χ1) is 38.4. The Morgan fingerprint density at radius 2 is 0.576 bits per heavy atom. The standard InChI is InChI=1S/C76H92N6O2.Cu/c1-69(2,3)47-31-43(32-48(39-47)70(4,5)6)61-55-25-26-56(78-55)62(44-33-49(71(7,8)9)40-50(34-44)72(10,11)12)58-28-30-60(80-58)64(46-37-53(75(19,20)21)42-54(38-46)76(22,23)24)67-68(82(83)84)65(77)66(81-67)63(59-29-27-57(61)79-59)45-35-51(73(13,14)15)41-52(36-45)74(16,17)18;/h25-42H,77H2,1-24H3;/q-2;+2. The third-order valence-electron chi connectivity index (χ3n) is 16.9. The molecule has 0 atom stereocenters. The van der Waals surface area contributed by atoms with Crippen molar-refractivity contribution in [2.45, 2.75) is 209 Å². The smallest absolute Gasteiger partial charge is 0.657 e. The van der Waals surface area contributed by atoms with E-state index in [1.165, 1.54) is 22.3 Å². The Morgan fingerprint density at radius 1 is 0.353 bits per heavy atom. The van der Waals surface area contributed by atoms with E-state index in [0.29, 0.717) is 33.2 Å². The molecule has 5 heterocycles. The van der Waals surface area contributed by atoms with E-state index in [2.05, 4.69) is 263 Å². The molecule has 8 nitrogen and oxygen atoms in total. The van der Waals surface area contributed by atoms with Gasteiger partial charge in [0.2, 0.25) is 0 Å². The molecule has 7 aromatic rings. The predicted molar refractivity (Wildman–Crippen MR) is 357 cm³/mol. The minimum atomic E-state index is -0.356. The van der Waals surface area contributed by atoms with Gasteiger partial charge in [-0.05, 0) is 144 Å². The summed E-state index contributed by atoms with van der Waals surface area (Å²) in [4.78, 5) is 36.7. The van der Waals surface area contributed by atoms with E-state index in [9.17, 15) is 10.1 Å². The molecule has 8 bridgehead atoms. The summed E-state index contributed by atoms with van der Waals surface area (Å²) in [5, 5.41) is 14.2. The van der Waals surface area contributed by atoms with Crippen LogP contribution in [-0.2, 0) is 60.4 Å². The molecule has 0 amide bonds. The molecule has 9 rings (SSSR count). The van der Waals surface area contributed by atoms with Gasteiger partial charge in [0, 0.05) is 0 Å². The average Bonchev–Trinajstić information content (AvgIpc) is 3.43. The fourth-order valence-corrected chi connectivity index (χ4v) is 11.2. The molecule has 1 radical (unpaired) electrons. The van der Waals surface area contributed by atoms with Gasteiger partial charge < -0.3 is 15.7 Å². The van der Waals surface area contributed by atoms with Crippen molar-refractivity contribution in [2.24, 2.45) is 5.73 Å². The van der Waals surface area contributed by atoms with Crippen molar-refractivity contribution >= 4 is 45.6 Å². The fourth-order valence-electron chi connectivity index (χ4n) is 11.2. The van der Waals surface area contributed by atoms with Crippen LogP contribution in [0.15, 0.2) is 97.1 Å². The first-order valence-electron chi connectivity index (χ1n) is 30.1. The number of rotatable bonds is 5. The monoisotopic (exact) mass is 1180 g/mol. The van der Waals surface area contributed by atoms with E-state index in [1.807, 2.05) is 12.1 Å². The molecule has 0 aliphatic carbocycles. The van der Waals surface area contributed by atoms with Crippen molar-refractivity contribution < 1.29 is 22.0 Å². The molecule has 3 aromatic heterocycles. The third-order valence-corrected chi connectivity index (χ3v) is 16.9. The van der Waals surface area contributed by atoms with Gasteiger partial charge in [0.25, 0.3) is 0 Å². The maximum Gasteiger partial charge on any atom is 2.00 e. The normalized spacial score (nSPS) is 13.8. The zero-order chi connectivity index (χ0) is 62.1. The number of nitrogens with zero attached hydrogens (tertiary/aromatic N) is 5. The van der Waals surface area contributed by atoms with E-state index < -0.39 is 0 Å². The fraction of sp³-hybridized carbons (Fsp3) is 0.421. The van der Waals surface area contributed by atoms with Gasteiger partial charge in [-0.2, -0.15) is 0 Å². The van der Waals surface area contributed by atoms with Crippen LogP contribution in [0.25, 0.3) is 90.1 Å². The first kappa shape index (κ1) is 64.2. The number of nitro groups is 1. The SMILES string of the molecule is CC(C)(C)c1cc(-c2c3nc(c(-c4cc(C(C)(C)C)cc(C(C)(C)C)c4)c4ccc([n-]4)c(-c4cc(C(C)(C)C)cc(C(C)(C)C)c4)c4nc(c(-c5cc(C(C)(C)C)cc(C(C)(C)C)c5)c5ccc2[n-]5)C(N)=C4[N+](=O)[O-])C=C3)cc(C(C)(C)C)c1.[Cu+2]. The summed E-state index contributed by atoms with van der Waals surface area (Å²) in [6.07, 6.45) is 4.27. The summed E-state index contributed by atoms with van der Waals surface area (Å²) in [6, 6.07) is 35.3. The van der Waals surface area contributed by atoms with Gasteiger partial charge in [-0.3, -0.25) is 10.1 Å². The Hall–Kier alpha value is -6.80. The molecular weight excluding hydrogens is 1090 g/mol. The number of aromatic nitrogens is 4. The van der Waals surface area contributed by atoms with Gasteiger partial charge in [0.15, 0.2) is 5.69 Å². The third kappa shape index (κ3) is 12.9. The van der Waals surface area contributed by atoms with Crippen LogP contribution < -0.4 is 15.7 Å². The Labute approximate surface area is 518 Å². The summed E-state index contributed by atoms with van der Waals surface area (Å²) in [5.41, 5.74) is 25.2. The molecule has 85 heavy (non-hydrogen) atoms. The van der Waals surface area contributed by atoms with E-state index in [0.717, 1.165) is 67.0 Å². The van der Waals surface area contributed by atoms with Crippen LogP contribution in [0.4, 0.5) is 0 Å². The van der Waals surface area contributed by atoms with Crippen molar-refractivity contribution in [2.75, 3.05) is 0 Å². The Kier molecular flexibility index (Phi) is 16.3. The van der Waals surface area contributed by atoms with Crippen molar-refractivity contribution in [1.29, 1.82) is 0 Å². The van der Waals surface area contributed by atoms with Gasteiger partial charge in [-0.15, -0.1) is 22.1 Å². The van der Waals surface area contributed by atoms with Gasteiger partial charge in [0.1, 0.15) is 11.4 Å². The molecule has 2 aliphatic heterocycles. The van der Waals surface area contributed by atoms with Crippen molar-refractivity contribution in [3.63, 3.8) is 0 Å². The quantitative estimate of drug-likeness (QED) is 0.103. The van der Waals surface area contributed by atoms with Crippen LogP contribution in [0.2, 0.25) is 0 Å². The summed E-state index contributed by atoms with van der Waals surface area (Å²) in [6.45, 7) is 53.6. The molecule has 2 N–H and O–H groups in total. The number of hydrogen-bond acceptors (Lipinski definition) is 5. The first-order valence-corrected chi connectivity index (χ1v) is 30.1. The zero-order valence-corrected chi connectivity index (χ0v) is 56.3. The summed E-state index contributed by atoms with van der Waals surface area (Å²) >= 11 is 0. The molecule has 449 valence electrons. The Morgan fingerprint density at radius 3 is 0.812 bits per heavy atom. The van der Waals surface area contributed by atoms with Crippen LogP contribution in [0, 0.1) is 10.1 Å². The van der Waals surface area contributed by atoms with Crippen molar-refractivity contribution in [1.82, 2.24) is 19.9 Å². The van der Waals surface area contributed by atoms with Gasteiger partial charge in [-0.25, -0.2) is 9.97 Å². The van der Waals surface area contributed by atoms with Crippen LogP contribution >= 0.6 is 0 Å². The molecule has 9 heteroatoms. The molecule has 0 spiro atoms. The molecule has 0 unspecified atom stereocenters. The van der Waals surface area contributed by atoms with Crippen LogP contribution in [0.1, 0.15) is 233 Å². The van der Waals surface area contributed by atoms with E-state index >= 15 is 0 Å². The van der Waals surface area contributed by atoms with E-state index in [-0.39, 0.29) is 88.1 Å². The molecule has 2 aliphatic rings. The Balaban J connectivity index is 0.00000940. The van der Waals surface area contributed by atoms with Crippen LogP contribution in [0.3, 0.4) is 0 Å². The molecule has 0 fully saturated rings. The van der Waals surface area contributed by atoms with E-state index in [4.69, 9.17) is 25.7 Å². The predicted octanol–water partition coefficient (Wildman–Crippen LogP) is 19.9. The van der Waals surface area contributed by atoms with Gasteiger partial charge >= 0.3 is 22.8 Å². The largest absolute Gasteiger partial charge is 2.00 e. The zero-order valence-electron chi connectivity index (χ0n) is 55.3. The minimum absolute atomic E-state index is 0. The molecule has 0 saturated carbocycles. The number of hydrogen-bond donors (Lipinski definition) is 1. The van der Waals surface area contributed by atoms with Crippen molar-refractivity contribution in [3.8, 4) is 44.5 Å². The maximum absolute atomic E-state index is 14.2. The second kappa shape index (κ2) is 21.6. The molecule has 0 saturated heterocycles. The van der Waals surface area contributed by atoms with Crippen LogP contribution in [-0.4, -0.2) is 14.9 Å². The molecular formula is C76H92CuN6O2. The topological polar surface area (TPSA) is 123 Å². The van der Waals surface area contributed by atoms with Gasteiger partial charge in [-0.1, -0.05) is 263 Å². The van der Waals surface area contributed by atoms with Crippen molar-refractivity contribution in [3.05, 3.63) is 174 Å². The summed E-state index contributed by atoms with van der Waals surface area (Å²) < 4.78 is 0. The second-order valence-corrected chi connectivity index (χ2v) is 32.2. The summed E-state index contributed by atoms with van der Waals surface area (Å²) in [5.74, 6) is 0. The maximum atomic E-state index is 14.2. The average molecular weight is 1190 g/mol. The molecule has 4 aromatic carbocycles. The van der Waals surface area contributed by atoms with Crippen LogP contribution in [0.5, 0.6) is 0 Å².